The Morgan fingerprint density at radius 2 is 2.50 bits per heavy atom. The van der Waals surface area contributed by atoms with E-state index < -0.39 is 0 Å². The van der Waals surface area contributed by atoms with Gasteiger partial charge < -0.3 is 0 Å². The molecule has 0 heterocycles. The van der Waals surface area contributed by atoms with Crippen LogP contribution in [-0.2, 0) is 4.79 Å². The summed E-state index contributed by atoms with van der Waals surface area (Å²) in [5.74, 6) is 0. The lowest BCUT2D eigenvalue weighted by atomic mass is 10.6. The number of hydrogen-bond acceptors (Lipinski definition) is 1. The summed E-state index contributed by atoms with van der Waals surface area (Å²) in [4.78, 5) is 9.44. The summed E-state index contributed by atoms with van der Waals surface area (Å²) in [5, 5.41) is 1.13. The Morgan fingerprint density at radius 3 is 2.50 bits per heavy atom. The maximum atomic E-state index is 9.44. The van der Waals surface area contributed by atoms with E-state index in [4.69, 9.17) is 0 Å². The van der Waals surface area contributed by atoms with Crippen LogP contribution in [0.25, 0.3) is 0 Å². The molecule has 0 aromatic heterocycles. The maximum absolute atomic E-state index is 9.44. The van der Waals surface area contributed by atoms with E-state index in [0.29, 0.717) is 0 Å². The molecule has 0 saturated carbocycles. The Kier molecular flexibility index (Phi) is 2.67. The highest BCUT2D eigenvalue weighted by Crippen LogP contribution is 1.74. The minimum absolute atomic E-state index is 0.977. The quantitative estimate of drug-likeness (QED) is 0.316. The molecule has 1 radical (unpaired) electrons. The lowest BCUT2D eigenvalue weighted by Gasteiger charge is -1.72. The first-order chi connectivity index (χ1) is 2.77. The van der Waals surface area contributed by atoms with Gasteiger partial charge in [-0.15, -0.1) is 0 Å². The van der Waals surface area contributed by atoms with Gasteiger partial charge in [-0.3, -0.25) is 4.79 Å². The van der Waals surface area contributed by atoms with Crippen LogP contribution in [0.5, 0.6) is 0 Å². The smallest absolute Gasteiger partial charge is 0.225 e. The van der Waals surface area contributed by atoms with Crippen LogP contribution in [0.1, 0.15) is 6.92 Å². The first kappa shape index (κ1) is 5.63. The molecule has 0 aliphatic heterocycles. The normalized spacial score (nSPS) is 11.8. The SMILES string of the molecule is CC([SiH3])=C[C]=O. The average Bonchev–Trinajstić information content (AvgIpc) is 1.35. The number of hydrogen-bond donors (Lipinski definition) is 0. The molecule has 0 aromatic carbocycles. The van der Waals surface area contributed by atoms with E-state index in [0.717, 1.165) is 15.4 Å². The van der Waals surface area contributed by atoms with Crippen LogP contribution in [0.4, 0.5) is 0 Å². The van der Waals surface area contributed by atoms with Crippen molar-refractivity contribution in [2.24, 2.45) is 0 Å². The van der Waals surface area contributed by atoms with E-state index in [1.807, 2.05) is 6.92 Å². The summed E-state index contributed by atoms with van der Waals surface area (Å²) < 4.78 is 0. The Hall–Kier alpha value is -0.373. The standard InChI is InChI=1S/C4H7OSi/c1-4(6)2-3-5/h2H,1,6H3. The van der Waals surface area contributed by atoms with Crippen LogP contribution in [-0.4, -0.2) is 16.5 Å². The van der Waals surface area contributed by atoms with Crippen molar-refractivity contribution in [1.29, 1.82) is 0 Å². The van der Waals surface area contributed by atoms with Crippen molar-refractivity contribution in [3.05, 3.63) is 11.3 Å². The number of rotatable bonds is 1. The van der Waals surface area contributed by atoms with Gasteiger partial charge in [0.25, 0.3) is 0 Å². The van der Waals surface area contributed by atoms with Gasteiger partial charge in [0.15, 0.2) is 0 Å². The average molecular weight is 99.2 g/mol. The van der Waals surface area contributed by atoms with Gasteiger partial charge >= 0.3 is 0 Å². The molecular weight excluding hydrogens is 92.1 g/mol. The maximum Gasteiger partial charge on any atom is 0.225 e. The van der Waals surface area contributed by atoms with Gasteiger partial charge in [-0.2, -0.15) is 0 Å². The van der Waals surface area contributed by atoms with Gasteiger partial charge in [0.05, 0.1) is 0 Å². The molecule has 0 aliphatic rings. The van der Waals surface area contributed by atoms with E-state index in [-0.39, 0.29) is 0 Å². The Morgan fingerprint density at radius 1 is 2.00 bits per heavy atom. The summed E-state index contributed by atoms with van der Waals surface area (Å²) in [6, 6.07) is 0. The zero-order chi connectivity index (χ0) is 4.99. The number of allylic oxidation sites excluding steroid dienone is 2. The molecule has 1 nitrogen and oxygen atoms in total. The minimum Gasteiger partial charge on any atom is -0.286 e. The highest BCUT2D eigenvalue weighted by atomic mass is 28.1. The second kappa shape index (κ2) is 2.84. The lowest BCUT2D eigenvalue weighted by Crippen LogP contribution is -1.69. The van der Waals surface area contributed by atoms with Gasteiger partial charge in [-0.05, 0) is 13.0 Å². The van der Waals surface area contributed by atoms with Crippen LogP contribution in [0, 0.1) is 0 Å². The predicted octanol–water partition coefficient (Wildman–Crippen LogP) is -0.635. The van der Waals surface area contributed by atoms with Crippen LogP contribution in [0.3, 0.4) is 0 Å². The molecule has 0 spiro atoms. The minimum atomic E-state index is 0.977. The molecule has 6 heavy (non-hydrogen) atoms. The third kappa shape index (κ3) is 3.63. The Labute approximate surface area is 40.5 Å². The molecule has 2 heteroatoms. The molecule has 0 N–H and O–H groups in total. The van der Waals surface area contributed by atoms with Gasteiger partial charge in [0, 0.05) is 10.2 Å². The molecule has 0 amide bonds. The lowest BCUT2D eigenvalue weighted by molar-refractivity contribution is 0.564. The zero-order valence-corrected chi connectivity index (χ0v) is 5.99. The first-order valence-electron chi connectivity index (χ1n) is 1.78. The van der Waals surface area contributed by atoms with Crippen molar-refractivity contribution >= 4 is 16.5 Å². The van der Waals surface area contributed by atoms with Crippen molar-refractivity contribution in [2.75, 3.05) is 0 Å². The fourth-order valence-electron chi connectivity index (χ4n) is 0.118. The van der Waals surface area contributed by atoms with E-state index >= 15 is 0 Å². The first-order valence-corrected chi connectivity index (χ1v) is 2.78. The highest BCUT2D eigenvalue weighted by molar-refractivity contribution is 6.22. The molecule has 0 aliphatic carbocycles. The van der Waals surface area contributed by atoms with Crippen molar-refractivity contribution in [1.82, 2.24) is 0 Å². The fraction of sp³-hybridized carbons (Fsp3) is 0.250. The third-order valence-corrected chi connectivity index (χ3v) is 0.636. The Balaban J connectivity index is 3.41. The summed E-state index contributed by atoms with van der Waals surface area (Å²) in [6.07, 6.45) is 3.15. The number of carbonyl (C=O) groups excluding carboxylic acids is 1. The summed E-state index contributed by atoms with van der Waals surface area (Å²) in [5.41, 5.74) is 0. The third-order valence-electron chi connectivity index (χ3n) is 0.348. The summed E-state index contributed by atoms with van der Waals surface area (Å²) >= 11 is 0. The van der Waals surface area contributed by atoms with Crippen LogP contribution in [0.2, 0.25) is 0 Å². The topological polar surface area (TPSA) is 17.1 Å². The molecule has 0 saturated heterocycles. The molecule has 0 bridgehead atoms. The molecule has 0 rings (SSSR count). The molecule has 0 aromatic rings. The van der Waals surface area contributed by atoms with Gasteiger partial charge in [-0.25, -0.2) is 0 Å². The second-order valence-corrected chi connectivity index (χ2v) is 2.92. The van der Waals surface area contributed by atoms with Crippen molar-refractivity contribution in [3.8, 4) is 0 Å². The van der Waals surface area contributed by atoms with Gasteiger partial charge in [-0.1, -0.05) is 5.20 Å². The summed E-state index contributed by atoms with van der Waals surface area (Å²) in [6.45, 7) is 1.91. The van der Waals surface area contributed by atoms with E-state index in [1.54, 1.807) is 6.29 Å². The molecular formula is C4H7OSi. The molecule has 0 fully saturated rings. The summed E-state index contributed by atoms with van der Waals surface area (Å²) in [7, 11) is 0.977. The van der Waals surface area contributed by atoms with Gasteiger partial charge in [0.2, 0.25) is 6.29 Å². The second-order valence-electron chi connectivity index (χ2n) is 1.34. The molecule has 33 valence electrons. The van der Waals surface area contributed by atoms with Crippen LogP contribution >= 0.6 is 0 Å². The van der Waals surface area contributed by atoms with Crippen molar-refractivity contribution < 1.29 is 4.79 Å². The predicted molar refractivity (Wildman–Crippen MR) is 29.4 cm³/mol. The van der Waals surface area contributed by atoms with Gasteiger partial charge in [0.1, 0.15) is 0 Å². The van der Waals surface area contributed by atoms with E-state index in [2.05, 4.69) is 0 Å². The molecule has 0 unspecified atom stereocenters. The van der Waals surface area contributed by atoms with E-state index in [9.17, 15) is 4.79 Å². The van der Waals surface area contributed by atoms with Crippen molar-refractivity contribution in [2.45, 2.75) is 6.92 Å². The fourth-order valence-corrected chi connectivity index (χ4v) is 0.236. The Bertz CT molecular complexity index is 71.6. The molecule has 0 atom stereocenters. The highest BCUT2D eigenvalue weighted by Gasteiger charge is 1.68. The zero-order valence-electron chi connectivity index (χ0n) is 3.99. The van der Waals surface area contributed by atoms with Crippen LogP contribution < -0.4 is 0 Å². The van der Waals surface area contributed by atoms with E-state index in [1.165, 1.54) is 6.08 Å². The van der Waals surface area contributed by atoms with Crippen molar-refractivity contribution in [3.63, 3.8) is 0 Å². The monoisotopic (exact) mass is 99.0 g/mol. The largest absolute Gasteiger partial charge is 0.286 e. The van der Waals surface area contributed by atoms with Crippen LogP contribution in [0.15, 0.2) is 11.3 Å².